The van der Waals surface area contributed by atoms with Crippen LogP contribution in [-0.4, -0.2) is 27.8 Å². The van der Waals surface area contributed by atoms with Gasteiger partial charge in [-0.25, -0.2) is 5.43 Å². The van der Waals surface area contributed by atoms with Crippen molar-refractivity contribution >= 4 is 50.5 Å². The van der Waals surface area contributed by atoms with E-state index in [1.165, 1.54) is 28.4 Å². The normalized spacial score (nSPS) is 15.6. The van der Waals surface area contributed by atoms with Gasteiger partial charge in [0, 0.05) is 40.6 Å². The number of nitrogens with one attached hydrogen (secondary N) is 1. The van der Waals surface area contributed by atoms with Crippen LogP contribution in [0.4, 0.5) is 11.4 Å². The molecule has 1 aliphatic rings. The van der Waals surface area contributed by atoms with Crippen molar-refractivity contribution in [2.75, 3.05) is 11.4 Å². The predicted molar refractivity (Wildman–Crippen MR) is 149 cm³/mol. The molecule has 4 aromatic rings. The van der Waals surface area contributed by atoms with Gasteiger partial charge < -0.3 is 4.90 Å². The summed E-state index contributed by atoms with van der Waals surface area (Å²) in [6.45, 7) is 1.90. The van der Waals surface area contributed by atoms with Gasteiger partial charge in [0.15, 0.2) is 0 Å². The van der Waals surface area contributed by atoms with Crippen LogP contribution in [-0.2, 0) is 9.59 Å². The van der Waals surface area contributed by atoms with Crippen molar-refractivity contribution < 1.29 is 14.5 Å². The maximum atomic E-state index is 13.1. The molecule has 1 saturated heterocycles. The number of thiazole rings is 1. The number of aromatic nitrogens is 1. The van der Waals surface area contributed by atoms with Crippen molar-refractivity contribution in [1.29, 1.82) is 0 Å². The molecule has 5 rings (SSSR count). The van der Waals surface area contributed by atoms with E-state index in [-0.39, 0.29) is 30.5 Å². The van der Waals surface area contributed by atoms with Crippen LogP contribution in [0.3, 0.4) is 0 Å². The number of nitrogens with zero attached hydrogens (tertiary/aromatic N) is 4. The highest BCUT2D eigenvalue weighted by molar-refractivity contribution is 9.10. The minimum atomic E-state index is -0.638. The summed E-state index contributed by atoms with van der Waals surface area (Å²) in [6.07, 6.45) is -0.00322. The zero-order valence-electron chi connectivity index (χ0n) is 20.2. The molecule has 0 bridgehead atoms. The van der Waals surface area contributed by atoms with Crippen LogP contribution in [0.5, 0.6) is 0 Å². The molecule has 1 aromatic heterocycles. The lowest BCUT2D eigenvalue weighted by molar-refractivity contribution is -0.384. The van der Waals surface area contributed by atoms with E-state index in [4.69, 9.17) is 0 Å². The minimum absolute atomic E-state index is 0.00322. The molecule has 38 heavy (non-hydrogen) atoms. The lowest BCUT2D eigenvalue weighted by atomic mass is 10.1. The summed E-state index contributed by atoms with van der Waals surface area (Å²) < 4.78 is 2.94. The van der Waals surface area contributed by atoms with E-state index in [1.807, 2.05) is 64.5 Å². The Hall–Kier alpha value is -4.09. The minimum Gasteiger partial charge on any atom is -0.311 e. The van der Waals surface area contributed by atoms with Crippen LogP contribution in [0, 0.1) is 23.0 Å². The number of benzene rings is 3. The Morgan fingerprint density at radius 3 is 2.58 bits per heavy atom. The highest BCUT2D eigenvalue weighted by atomic mass is 79.9. The van der Waals surface area contributed by atoms with Crippen molar-refractivity contribution in [3.63, 3.8) is 0 Å². The smallest absolute Gasteiger partial charge is 0.271 e. The number of anilines is 1. The summed E-state index contributed by atoms with van der Waals surface area (Å²) in [5, 5.41) is 17.6. The Morgan fingerprint density at radius 1 is 1.13 bits per heavy atom. The maximum Gasteiger partial charge on any atom is 0.271 e. The van der Waals surface area contributed by atoms with Gasteiger partial charge >= 0.3 is 0 Å². The molecule has 1 fully saturated rings. The number of aryl methyl sites for hydroxylation is 1. The molecule has 2 heterocycles. The van der Waals surface area contributed by atoms with Crippen molar-refractivity contribution in [2.45, 2.75) is 13.3 Å². The number of hydrogen-bond donors (Lipinski definition) is 1. The van der Waals surface area contributed by atoms with Gasteiger partial charge in [-0.15, -0.1) is 16.4 Å². The molecule has 0 radical (unpaired) electrons. The van der Waals surface area contributed by atoms with Gasteiger partial charge in [0.1, 0.15) is 0 Å². The number of halogens is 1. The Labute approximate surface area is 230 Å². The van der Waals surface area contributed by atoms with Gasteiger partial charge in [0.25, 0.3) is 5.69 Å². The number of amides is 2. The Kier molecular flexibility index (Phi) is 7.21. The van der Waals surface area contributed by atoms with E-state index in [2.05, 4.69) is 26.5 Å². The molecule has 11 heteroatoms. The van der Waals surface area contributed by atoms with E-state index in [0.29, 0.717) is 10.5 Å². The molecular formula is C27H22BrN5O4S. The summed E-state index contributed by atoms with van der Waals surface area (Å²) >= 11 is 4.86. The molecule has 192 valence electrons. The quantitative estimate of drug-likeness (QED) is 0.246. The van der Waals surface area contributed by atoms with Crippen LogP contribution in [0.25, 0.3) is 16.9 Å². The topological polar surface area (TPSA) is 110 Å². The number of carbonyl (C=O) groups excluding carboxylic acids is 2. The number of para-hydroxylation sites is 1. The van der Waals surface area contributed by atoms with E-state index >= 15 is 0 Å². The van der Waals surface area contributed by atoms with Crippen LogP contribution in [0.15, 0.2) is 87.8 Å². The third-order valence-electron chi connectivity index (χ3n) is 6.31. The van der Waals surface area contributed by atoms with Crippen molar-refractivity contribution in [1.82, 2.24) is 9.99 Å². The third-order valence-corrected chi connectivity index (χ3v) is 7.67. The van der Waals surface area contributed by atoms with Gasteiger partial charge in [0.05, 0.1) is 22.2 Å². The fourth-order valence-electron chi connectivity index (χ4n) is 4.35. The van der Waals surface area contributed by atoms with Crippen molar-refractivity contribution in [3.8, 4) is 16.9 Å². The molecular weight excluding hydrogens is 570 g/mol. The molecule has 2 amide bonds. The molecule has 1 atom stereocenters. The first-order chi connectivity index (χ1) is 18.3. The monoisotopic (exact) mass is 591 g/mol. The van der Waals surface area contributed by atoms with Crippen LogP contribution < -0.4 is 15.1 Å². The lowest BCUT2D eigenvalue weighted by Crippen LogP contribution is -2.32. The number of hydrogen-bond acceptors (Lipinski definition) is 6. The maximum absolute atomic E-state index is 13.1. The first-order valence-electron chi connectivity index (χ1n) is 11.7. The zero-order chi connectivity index (χ0) is 26.8. The van der Waals surface area contributed by atoms with E-state index < -0.39 is 10.8 Å². The first kappa shape index (κ1) is 25.6. The van der Waals surface area contributed by atoms with Gasteiger partial charge in [-0.05, 0) is 42.3 Å². The van der Waals surface area contributed by atoms with Gasteiger partial charge in [-0.2, -0.15) is 0 Å². The van der Waals surface area contributed by atoms with Gasteiger partial charge in [0.2, 0.25) is 16.6 Å². The lowest BCUT2D eigenvalue weighted by Gasteiger charge is -2.18. The number of non-ortho nitro benzene ring substituents is 1. The molecule has 3 aromatic carbocycles. The van der Waals surface area contributed by atoms with Crippen LogP contribution in [0.1, 0.15) is 12.0 Å². The Balaban J connectivity index is 1.41. The standard InChI is InChI=1S/C27H22BrN5O4S/c1-17-7-12-22(33(36)37)14-23(17)31-15-19(13-25(31)34)26(35)29-30-27-32(21-5-3-2-4-6-21)24(16-38-27)18-8-10-20(28)11-9-18/h2-12,14,16,19H,13,15H2,1H3,(H,29,35). The van der Waals surface area contributed by atoms with E-state index in [9.17, 15) is 19.7 Å². The molecule has 0 aliphatic carbocycles. The average Bonchev–Trinajstić information content (AvgIpc) is 3.52. The summed E-state index contributed by atoms with van der Waals surface area (Å²) in [5.74, 6) is -1.29. The third kappa shape index (κ3) is 5.15. The number of carbonyl (C=O) groups is 2. The second-order valence-electron chi connectivity index (χ2n) is 8.80. The molecule has 0 spiro atoms. The highest BCUT2D eigenvalue weighted by Crippen LogP contribution is 2.31. The predicted octanol–water partition coefficient (Wildman–Crippen LogP) is 5.17. The molecule has 1 unspecified atom stereocenters. The fourth-order valence-corrected chi connectivity index (χ4v) is 5.48. The number of rotatable bonds is 6. The molecule has 1 aliphatic heterocycles. The summed E-state index contributed by atoms with van der Waals surface area (Å²) in [7, 11) is 0. The summed E-state index contributed by atoms with van der Waals surface area (Å²) in [4.78, 5) is 38.5. The van der Waals surface area contributed by atoms with Gasteiger partial charge in [-0.3, -0.25) is 24.3 Å². The zero-order valence-corrected chi connectivity index (χ0v) is 22.6. The fraction of sp³-hybridized carbons (Fsp3) is 0.148. The Bertz CT molecular complexity index is 1600. The largest absolute Gasteiger partial charge is 0.311 e. The summed E-state index contributed by atoms with van der Waals surface area (Å²) in [6, 6.07) is 22.0. The second kappa shape index (κ2) is 10.7. The van der Waals surface area contributed by atoms with E-state index in [0.717, 1.165) is 27.0 Å². The van der Waals surface area contributed by atoms with Crippen LogP contribution in [0.2, 0.25) is 0 Å². The number of nitro benzene ring substituents is 1. The SMILES string of the molecule is Cc1ccc([N+](=O)[O-])cc1N1CC(C(=O)NN=c2scc(-c3ccc(Br)cc3)n2-c2ccccc2)CC1=O. The van der Waals surface area contributed by atoms with E-state index in [1.54, 1.807) is 13.0 Å². The highest BCUT2D eigenvalue weighted by Gasteiger charge is 2.36. The first-order valence-corrected chi connectivity index (χ1v) is 13.4. The molecule has 1 N–H and O–H groups in total. The van der Waals surface area contributed by atoms with Gasteiger partial charge in [-0.1, -0.05) is 52.3 Å². The number of nitro groups is 1. The Morgan fingerprint density at radius 2 is 1.87 bits per heavy atom. The van der Waals surface area contributed by atoms with Crippen LogP contribution >= 0.6 is 27.3 Å². The molecule has 0 saturated carbocycles. The van der Waals surface area contributed by atoms with Crippen molar-refractivity contribution in [3.05, 3.63) is 103 Å². The second-order valence-corrected chi connectivity index (χ2v) is 10.6. The molecule has 9 nitrogen and oxygen atoms in total. The average molecular weight is 592 g/mol. The van der Waals surface area contributed by atoms with Crippen molar-refractivity contribution in [2.24, 2.45) is 11.0 Å². The summed E-state index contributed by atoms with van der Waals surface area (Å²) in [5.41, 5.74) is 6.50.